The van der Waals surface area contributed by atoms with Crippen LogP contribution < -0.4 is 5.32 Å². The van der Waals surface area contributed by atoms with Gasteiger partial charge in [0.25, 0.3) is 0 Å². The van der Waals surface area contributed by atoms with Gasteiger partial charge in [0.05, 0.1) is 0 Å². The molecule has 0 aliphatic heterocycles. The molecule has 4 heteroatoms. The zero-order chi connectivity index (χ0) is 9.68. The maximum atomic E-state index is 10.6. The zero-order valence-electron chi connectivity index (χ0n) is 7.58. The van der Waals surface area contributed by atoms with Crippen molar-refractivity contribution in [2.75, 3.05) is 7.05 Å². The highest BCUT2D eigenvalue weighted by Crippen LogP contribution is 2.03. The molecular weight excluding hydrogens is 168 g/mol. The molecule has 13 heavy (non-hydrogen) atoms. The maximum Gasteiger partial charge on any atom is 0.320 e. The minimum absolute atomic E-state index is 0.449. The fourth-order valence-electron chi connectivity index (χ4n) is 1.22. The molecule has 0 bridgehead atoms. The fraction of sp³-hybridized carbons (Fsp3) is 0.444. The number of H-pyrrole nitrogens is 1. The number of likely N-dealkylation sites (N-methyl/N-ethyl adjacent to an activating group) is 1. The van der Waals surface area contributed by atoms with Crippen LogP contribution in [0.25, 0.3) is 0 Å². The van der Waals surface area contributed by atoms with Crippen LogP contribution in [0.5, 0.6) is 0 Å². The van der Waals surface area contributed by atoms with Gasteiger partial charge in [0, 0.05) is 12.4 Å². The van der Waals surface area contributed by atoms with E-state index in [1.54, 1.807) is 7.05 Å². The third-order valence-electron chi connectivity index (χ3n) is 2.03. The lowest BCUT2D eigenvalue weighted by atomic mass is 10.1. The molecule has 0 saturated carbocycles. The summed E-state index contributed by atoms with van der Waals surface area (Å²) < 4.78 is 0. The molecule has 0 fully saturated rings. The highest BCUT2D eigenvalue weighted by Gasteiger charge is 2.13. The Morgan fingerprint density at radius 1 is 1.77 bits per heavy atom. The quantitative estimate of drug-likeness (QED) is 0.625. The second kappa shape index (κ2) is 4.67. The number of aryl methyl sites for hydroxylation is 1. The highest BCUT2D eigenvalue weighted by atomic mass is 16.4. The summed E-state index contributed by atoms with van der Waals surface area (Å²) in [5, 5.41) is 11.5. The SMILES string of the molecule is CNC(CCc1cc[nH]c1)C(=O)O. The zero-order valence-corrected chi connectivity index (χ0v) is 7.58. The Kier molecular flexibility index (Phi) is 3.52. The molecule has 72 valence electrons. The molecule has 0 saturated heterocycles. The van der Waals surface area contributed by atoms with Crippen molar-refractivity contribution in [1.29, 1.82) is 0 Å². The Morgan fingerprint density at radius 3 is 3.00 bits per heavy atom. The summed E-state index contributed by atoms with van der Waals surface area (Å²) in [4.78, 5) is 13.6. The molecule has 4 nitrogen and oxygen atoms in total. The Balaban J connectivity index is 2.36. The van der Waals surface area contributed by atoms with Crippen LogP contribution >= 0.6 is 0 Å². The molecule has 0 amide bonds. The van der Waals surface area contributed by atoms with Gasteiger partial charge < -0.3 is 15.4 Å². The van der Waals surface area contributed by atoms with Gasteiger partial charge in [0.15, 0.2) is 0 Å². The van der Waals surface area contributed by atoms with E-state index in [9.17, 15) is 4.79 Å². The Morgan fingerprint density at radius 2 is 2.54 bits per heavy atom. The third-order valence-corrected chi connectivity index (χ3v) is 2.03. The van der Waals surface area contributed by atoms with Gasteiger partial charge in [-0.25, -0.2) is 0 Å². The first-order valence-corrected chi connectivity index (χ1v) is 4.25. The number of hydrogen-bond donors (Lipinski definition) is 3. The number of aromatic nitrogens is 1. The lowest BCUT2D eigenvalue weighted by Gasteiger charge is -2.09. The molecule has 1 unspecified atom stereocenters. The van der Waals surface area contributed by atoms with Gasteiger partial charge in [-0.1, -0.05) is 0 Å². The number of carboxylic acids is 1. The van der Waals surface area contributed by atoms with E-state index >= 15 is 0 Å². The van der Waals surface area contributed by atoms with Crippen molar-refractivity contribution in [3.05, 3.63) is 24.0 Å². The minimum atomic E-state index is -0.793. The molecule has 1 aromatic heterocycles. The maximum absolute atomic E-state index is 10.6. The van der Waals surface area contributed by atoms with Gasteiger partial charge in [-0.05, 0) is 31.5 Å². The number of carbonyl (C=O) groups is 1. The highest BCUT2D eigenvalue weighted by molar-refractivity contribution is 5.73. The summed E-state index contributed by atoms with van der Waals surface area (Å²) in [5.41, 5.74) is 1.14. The van der Waals surface area contributed by atoms with E-state index in [1.165, 1.54) is 0 Å². The molecule has 0 spiro atoms. The first-order chi connectivity index (χ1) is 6.24. The molecule has 3 N–H and O–H groups in total. The number of hydrogen-bond acceptors (Lipinski definition) is 2. The van der Waals surface area contributed by atoms with Crippen molar-refractivity contribution in [2.24, 2.45) is 0 Å². The molecule has 1 heterocycles. The van der Waals surface area contributed by atoms with E-state index in [2.05, 4.69) is 10.3 Å². The van der Waals surface area contributed by atoms with Gasteiger partial charge >= 0.3 is 5.97 Å². The summed E-state index contributed by atoms with van der Waals surface area (Å²) >= 11 is 0. The largest absolute Gasteiger partial charge is 0.480 e. The lowest BCUT2D eigenvalue weighted by Crippen LogP contribution is -2.34. The van der Waals surface area contributed by atoms with Crippen molar-refractivity contribution in [3.63, 3.8) is 0 Å². The van der Waals surface area contributed by atoms with Gasteiger partial charge in [0.2, 0.25) is 0 Å². The van der Waals surface area contributed by atoms with Crippen LogP contribution in [0, 0.1) is 0 Å². The van der Waals surface area contributed by atoms with Crippen LogP contribution in [0.4, 0.5) is 0 Å². The van der Waals surface area contributed by atoms with Gasteiger partial charge in [-0.2, -0.15) is 0 Å². The van der Waals surface area contributed by atoms with Crippen LogP contribution in [0.15, 0.2) is 18.5 Å². The normalized spacial score (nSPS) is 12.7. The van der Waals surface area contributed by atoms with E-state index < -0.39 is 12.0 Å². The molecule has 0 aliphatic rings. The van der Waals surface area contributed by atoms with Gasteiger partial charge in [0.1, 0.15) is 6.04 Å². The fourth-order valence-corrected chi connectivity index (χ4v) is 1.22. The summed E-state index contributed by atoms with van der Waals surface area (Å²) in [6.07, 6.45) is 5.12. The molecular formula is C9H14N2O2. The summed E-state index contributed by atoms with van der Waals surface area (Å²) in [6, 6.07) is 1.50. The molecule has 0 aromatic carbocycles. The van der Waals surface area contributed by atoms with Crippen LogP contribution in [0.1, 0.15) is 12.0 Å². The Labute approximate surface area is 77.0 Å². The van der Waals surface area contributed by atoms with E-state index in [-0.39, 0.29) is 0 Å². The van der Waals surface area contributed by atoms with Crippen molar-refractivity contribution < 1.29 is 9.90 Å². The van der Waals surface area contributed by atoms with Crippen molar-refractivity contribution >= 4 is 5.97 Å². The molecule has 1 aromatic rings. The van der Waals surface area contributed by atoms with Crippen molar-refractivity contribution in [2.45, 2.75) is 18.9 Å². The van der Waals surface area contributed by atoms with E-state index in [0.717, 1.165) is 12.0 Å². The third kappa shape index (κ3) is 2.91. The minimum Gasteiger partial charge on any atom is -0.480 e. The summed E-state index contributed by atoms with van der Waals surface area (Å²) in [6.45, 7) is 0. The van der Waals surface area contributed by atoms with E-state index in [4.69, 9.17) is 5.11 Å². The Bertz CT molecular complexity index is 257. The van der Waals surface area contributed by atoms with Crippen LogP contribution in [0.3, 0.4) is 0 Å². The first-order valence-electron chi connectivity index (χ1n) is 4.25. The average Bonchev–Trinajstić information content (AvgIpc) is 2.57. The van der Waals surface area contributed by atoms with Crippen LogP contribution in [-0.2, 0) is 11.2 Å². The number of carboxylic acid groups (broad SMARTS) is 1. The van der Waals surface area contributed by atoms with Crippen LogP contribution in [0.2, 0.25) is 0 Å². The van der Waals surface area contributed by atoms with Gasteiger partial charge in [-0.3, -0.25) is 4.79 Å². The van der Waals surface area contributed by atoms with Crippen LogP contribution in [-0.4, -0.2) is 29.1 Å². The predicted molar refractivity (Wildman–Crippen MR) is 49.6 cm³/mol. The summed E-state index contributed by atoms with van der Waals surface area (Å²) in [7, 11) is 1.66. The van der Waals surface area contributed by atoms with E-state index in [1.807, 2.05) is 18.5 Å². The lowest BCUT2D eigenvalue weighted by molar-refractivity contribution is -0.139. The number of nitrogens with one attached hydrogen (secondary N) is 2. The first kappa shape index (κ1) is 9.80. The smallest absolute Gasteiger partial charge is 0.320 e. The molecule has 1 rings (SSSR count). The monoisotopic (exact) mass is 182 g/mol. The number of rotatable bonds is 5. The second-order valence-corrected chi connectivity index (χ2v) is 2.94. The number of aromatic amines is 1. The van der Waals surface area contributed by atoms with E-state index in [0.29, 0.717) is 6.42 Å². The predicted octanol–water partition coefficient (Wildman–Crippen LogP) is 0.620. The molecule has 0 radical (unpaired) electrons. The van der Waals surface area contributed by atoms with Gasteiger partial charge in [-0.15, -0.1) is 0 Å². The topological polar surface area (TPSA) is 65.1 Å². The average molecular weight is 182 g/mol. The van der Waals surface area contributed by atoms with Crippen molar-refractivity contribution in [3.8, 4) is 0 Å². The summed E-state index contributed by atoms with van der Waals surface area (Å²) in [5.74, 6) is -0.793. The van der Waals surface area contributed by atoms with Crippen molar-refractivity contribution in [1.82, 2.24) is 10.3 Å². The molecule has 0 aliphatic carbocycles. The molecule has 1 atom stereocenters. The second-order valence-electron chi connectivity index (χ2n) is 2.94. The number of aliphatic carboxylic acids is 1. The standard InChI is InChI=1S/C9H14N2O2/c1-10-8(9(12)13)3-2-7-4-5-11-6-7/h4-6,8,10-11H,2-3H2,1H3,(H,12,13). The Hall–Kier alpha value is -1.29.